The Kier molecular flexibility index (Phi) is 8.18. The molecule has 1 aliphatic heterocycles. The van der Waals surface area contributed by atoms with Crippen LogP contribution >= 0.6 is 11.8 Å². The Balaban J connectivity index is 2.54. The molecule has 1 aromatic carbocycles. The van der Waals surface area contributed by atoms with Crippen LogP contribution in [0, 0.1) is 17.2 Å². The van der Waals surface area contributed by atoms with Gasteiger partial charge in [0.1, 0.15) is 10.9 Å². The van der Waals surface area contributed by atoms with Gasteiger partial charge in [-0.05, 0) is 31.5 Å². The summed E-state index contributed by atoms with van der Waals surface area (Å²) in [6.07, 6.45) is 0. The molecule has 1 unspecified atom stereocenters. The van der Waals surface area contributed by atoms with Gasteiger partial charge in [-0.3, -0.25) is 9.59 Å². The number of esters is 3. The number of benzene rings is 1. The predicted molar refractivity (Wildman–Crippen MR) is 111 cm³/mol. The Bertz CT molecular complexity index is 930. The van der Waals surface area contributed by atoms with Gasteiger partial charge in [-0.15, -0.1) is 0 Å². The van der Waals surface area contributed by atoms with E-state index in [1.807, 2.05) is 0 Å². The first-order valence-electron chi connectivity index (χ1n) is 9.11. The number of aliphatic imine (C=N–C) groups is 1. The maximum absolute atomic E-state index is 12.7. The number of allylic oxidation sites excluding steroid dienone is 1. The standard InChI is InChI=1S/C21H22N2O6S/c1-5-29-21(26)17-12(2)23-19(30-11-16(24)27-3)15(10-22)18(17)13-6-8-14(9-7-13)20(25)28-4/h6-9,17-18H,5,11H2,1-4H3/t17?,18-/m0/s1. The SMILES string of the molecule is CCOC(=O)C1C(C)=NC(SCC(=O)OC)=C(C#N)[C@@H]1c1ccc(C(=O)OC)cc1. The molecule has 0 bridgehead atoms. The molecule has 30 heavy (non-hydrogen) atoms. The fourth-order valence-corrected chi connectivity index (χ4v) is 4.00. The zero-order chi connectivity index (χ0) is 22.3. The van der Waals surface area contributed by atoms with Gasteiger partial charge in [-0.2, -0.15) is 5.26 Å². The van der Waals surface area contributed by atoms with Crippen LogP contribution in [0.1, 0.15) is 35.7 Å². The number of carbonyl (C=O) groups excluding carboxylic acids is 3. The van der Waals surface area contributed by atoms with Gasteiger partial charge >= 0.3 is 17.9 Å². The number of carbonyl (C=O) groups is 3. The summed E-state index contributed by atoms with van der Waals surface area (Å²) in [7, 11) is 2.57. The number of nitrogens with zero attached hydrogens (tertiary/aromatic N) is 2. The molecule has 8 nitrogen and oxygen atoms in total. The summed E-state index contributed by atoms with van der Waals surface area (Å²) in [5.41, 5.74) is 1.71. The van der Waals surface area contributed by atoms with E-state index < -0.39 is 29.7 Å². The summed E-state index contributed by atoms with van der Waals surface area (Å²) >= 11 is 1.07. The van der Waals surface area contributed by atoms with Crippen LogP contribution in [-0.4, -0.2) is 50.2 Å². The molecule has 1 heterocycles. The van der Waals surface area contributed by atoms with Crippen molar-refractivity contribution < 1.29 is 28.6 Å². The molecular formula is C21H22N2O6S. The highest BCUT2D eigenvalue weighted by Crippen LogP contribution is 2.42. The fraction of sp³-hybridized carbons (Fsp3) is 0.381. The quantitative estimate of drug-likeness (QED) is 0.479. The molecule has 0 radical (unpaired) electrons. The number of rotatable bonds is 7. The molecule has 0 aromatic heterocycles. The number of ether oxygens (including phenoxy) is 3. The minimum atomic E-state index is -0.800. The highest BCUT2D eigenvalue weighted by atomic mass is 32.2. The van der Waals surface area contributed by atoms with Crippen LogP contribution in [0.4, 0.5) is 0 Å². The smallest absolute Gasteiger partial charge is 0.337 e. The fourth-order valence-electron chi connectivity index (χ4n) is 3.09. The van der Waals surface area contributed by atoms with Crippen molar-refractivity contribution in [3.8, 4) is 6.07 Å². The first kappa shape index (κ1) is 23.2. The van der Waals surface area contributed by atoms with Crippen molar-refractivity contribution in [1.82, 2.24) is 0 Å². The molecule has 1 aliphatic rings. The van der Waals surface area contributed by atoms with Crippen LogP contribution in [0.2, 0.25) is 0 Å². The van der Waals surface area contributed by atoms with E-state index in [9.17, 15) is 19.6 Å². The lowest BCUT2D eigenvalue weighted by Crippen LogP contribution is -2.34. The van der Waals surface area contributed by atoms with Gasteiger partial charge in [0.25, 0.3) is 0 Å². The van der Waals surface area contributed by atoms with Crippen molar-refractivity contribution in [2.75, 3.05) is 26.6 Å². The number of methoxy groups -OCH3 is 2. The number of thioether (sulfide) groups is 1. The number of hydrogen-bond acceptors (Lipinski definition) is 9. The molecule has 0 amide bonds. The van der Waals surface area contributed by atoms with E-state index in [4.69, 9.17) is 9.47 Å². The third kappa shape index (κ3) is 5.07. The summed E-state index contributed by atoms with van der Waals surface area (Å²) in [5.74, 6) is -2.93. The van der Waals surface area contributed by atoms with E-state index in [1.54, 1.807) is 38.1 Å². The zero-order valence-electron chi connectivity index (χ0n) is 17.1. The predicted octanol–water partition coefficient (Wildman–Crippen LogP) is 2.85. The van der Waals surface area contributed by atoms with Crippen molar-refractivity contribution in [3.05, 3.63) is 46.0 Å². The Morgan fingerprint density at radius 3 is 2.37 bits per heavy atom. The summed E-state index contributed by atoms with van der Waals surface area (Å²) in [4.78, 5) is 40.4. The van der Waals surface area contributed by atoms with Gasteiger partial charge in [0.2, 0.25) is 0 Å². The summed E-state index contributed by atoms with van der Waals surface area (Å²) in [5, 5.41) is 10.2. The third-order valence-electron chi connectivity index (χ3n) is 4.51. The van der Waals surface area contributed by atoms with Gasteiger partial charge in [0, 0.05) is 11.6 Å². The molecule has 2 atom stereocenters. The van der Waals surface area contributed by atoms with Crippen molar-refractivity contribution in [3.63, 3.8) is 0 Å². The Morgan fingerprint density at radius 2 is 1.83 bits per heavy atom. The molecule has 158 valence electrons. The molecule has 2 rings (SSSR count). The maximum atomic E-state index is 12.7. The minimum absolute atomic E-state index is 0.0220. The third-order valence-corrected chi connectivity index (χ3v) is 5.47. The Hall–Kier alpha value is -3.12. The van der Waals surface area contributed by atoms with Crippen molar-refractivity contribution >= 4 is 35.4 Å². The van der Waals surface area contributed by atoms with E-state index >= 15 is 0 Å². The molecule has 9 heteroatoms. The lowest BCUT2D eigenvalue weighted by molar-refractivity contribution is -0.146. The first-order chi connectivity index (χ1) is 14.4. The van der Waals surface area contributed by atoms with Crippen LogP contribution in [-0.2, 0) is 23.8 Å². The number of nitriles is 1. The summed E-state index contributed by atoms with van der Waals surface area (Å²) in [6.45, 7) is 3.57. The van der Waals surface area contributed by atoms with Gasteiger partial charge in [0.05, 0.1) is 43.8 Å². The second-order valence-corrected chi connectivity index (χ2v) is 7.23. The maximum Gasteiger partial charge on any atom is 0.337 e. The van der Waals surface area contributed by atoms with Gasteiger partial charge < -0.3 is 14.2 Å². The Morgan fingerprint density at radius 1 is 1.17 bits per heavy atom. The normalized spacial score (nSPS) is 18.2. The zero-order valence-corrected chi connectivity index (χ0v) is 17.9. The van der Waals surface area contributed by atoms with Crippen LogP contribution in [0.3, 0.4) is 0 Å². The van der Waals surface area contributed by atoms with Gasteiger partial charge in [0.15, 0.2) is 0 Å². The van der Waals surface area contributed by atoms with E-state index in [0.717, 1.165) is 11.8 Å². The Labute approximate surface area is 178 Å². The molecule has 0 saturated heterocycles. The van der Waals surface area contributed by atoms with Crippen LogP contribution < -0.4 is 0 Å². The second-order valence-electron chi connectivity index (χ2n) is 6.27. The van der Waals surface area contributed by atoms with Crippen molar-refractivity contribution in [1.29, 1.82) is 5.26 Å². The van der Waals surface area contributed by atoms with Crippen molar-refractivity contribution in [2.24, 2.45) is 10.9 Å². The van der Waals surface area contributed by atoms with Gasteiger partial charge in [-0.25, -0.2) is 9.79 Å². The molecule has 1 aromatic rings. The highest BCUT2D eigenvalue weighted by molar-refractivity contribution is 8.03. The minimum Gasteiger partial charge on any atom is -0.468 e. The average molecular weight is 430 g/mol. The van der Waals surface area contributed by atoms with Crippen LogP contribution in [0.5, 0.6) is 0 Å². The topological polar surface area (TPSA) is 115 Å². The highest BCUT2D eigenvalue weighted by Gasteiger charge is 2.40. The average Bonchev–Trinajstić information content (AvgIpc) is 2.76. The second kappa shape index (κ2) is 10.6. The molecule has 0 spiro atoms. The monoisotopic (exact) mass is 430 g/mol. The van der Waals surface area contributed by atoms with E-state index in [2.05, 4.69) is 15.8 Å². The molecule has 0 aliphatic carbocycles. The lowest BCUT2D eigenvalue weighted by atomic mass is 9.77. The lowest BCUT2D eigenvalue weighted by Gasteiger charge is -2.30. The molecular weight excluding hydrogens is 408 g/mol. The molecule has 0 saturated carbocycles. The van der Waals surface area contributed by atoms with Gasteiger partial charge in [-0.1, -0.05) is 23.9 Å². The van der Waals surface area contributed by atoms with Crippen LogP contribution in [0.15, 0.2) is 39.9 Å². The molecule has 0 fully saturated rings. The van der Waals surface area contributed by atoms with E-state index in [0.29, 0.717) is 21.9 Å². The van der Waals surface area contributed by atoms with E-state index in [-0.39, 0.29) is 17.9 Å². The first-order valence-corrected chi connectivity index (χ1v) is 10.1. The van der Waals surface area contributed by atoms with Crippen molar-refractivity contribution in [2.45, 2.75) is 19.8 Å². The molecule has 0 N–H and O–H groups in total. The largest absolute Gasteiger partial charge is 0.468 e. The summed E-state index contributed by atoms with van der Waals surface area (Å²) < 4.78 is 14.6. The van der Waals surface area contributed by atoms with Crippen LogP contribution in [0.25, 0.3) is 0 Å². The van der Waals surface area contributed by atoms with E-state index in [1.165, 1.54) is 14.2 Å². The summed E-state index contributed by atoms with van der Waals surface area (Å²) in [6, 6.07) is 8.62. The number of hydrogen-bond donors (Lipinski definition) is 0.